The van der Waals surface area contributed by atoms with Gasteiger partial charge in [-0.3, -0.25) is 4.79 Å². The van der Waals surface area contributed by atoms with E-state index in [0.29, 0.717) is 6.54 Å². The second-order valence-corrected chi connectivity index (χ2v) is 4.43. The van der Waals surface area contributed by atoms with Gasteiger partial charge in [-0.15, -0.1) is 12.4 Å². The highest BCUT2D eigenvalue weighted by Crippen LogP contribution is 2.04. The van der Waals surface area contributed by atoms with Crippen LogP contribution >= 0.6 is 12.4 Å². The molecule has 1 rings (SSSR count). The number of carbonyl (C=O) groups excluding carboxylic acids is 1. The highest BCUT2D eigenvalue weighted by molar-refractivity contribution is 5.85. The van der Waals surface area contributed by atoms with Crippen LogP contribution in [0.15, 0.2) is 24.3 Å². The molecule has 0 aliphatic rings. The first-order valence-corrected chi connectivity index (χ1v) is 6.22. The van der Waals surface area contributed by atoms with Crippen molar-refractivity contribution in [3.05, 3.63) is 35.4 Å². The maximum atomic E-state index is 11.6. The average Bonchev–Trinajstić information content (AvgIpc) is 2.29. The summed E-state index contributed by atoms with van der Waals surface area (Å²) in [7, 11) is 0. The molecule has 0 aromatic heterocycles. The van der Waals surface area contributed by atoms with E-state index in [4.69, 9.17) is 5.73 Å². The molecule has 0 aliphatic carbocycles. The summed E-state index contributed by atoms with van der Waals surface area (Å²) in [6.07, 6.45) is 2.54. The van der Waals surface area contributed by atoms with Crippen molar-refractivity contribution in [3.8, 4) is 0 Å². The van der Waals surface area contributed by atoms with E-state index >= 15 is 0 Å². The van der Waals surface area contributed by atoms with Gasteiger partial charge in [0.15, 0.2) is 0 Å². The molecule has 3 N–H and O–H groups in total. The molecule has 0 fully saturated rings. The Morgan fingerprint density at radius 3 is 2.78 bits per heavy atom. The van der Waals surface area contributed by atoms with E-state index < -0.39 is 0 Å². The number of aryl methyl sites for hydroxylation is 1. The zero-order valence-electron chi connectivity index (χ0n) is 11.1. The van der Waals surface area contributed by atoms with E-state index in [1.54, 1.807) is 0 Å². The van der Waals surface area contributed by atoms with Crippen LogP contribution in [0, 0.1) is 6.92 Å². The average molecular weight is 271 g/mol. The van der Waals surface area contributed by atoms with Crippen LogP contribution in [0.3, 0.4) is 0 Å². The smallest absolute Gasteiger partial charge is 0.236 e. The quantitative estimate of drug-likeness (QED) is 0.833. The zero-order valence-corrected chi connectivity index (χ0v) is 11.9. The number of nitrogens with one attached hydrogen (secondary N) is 1. The Bertz CT molecular complexity index is 369. The summed E-state index contributed by atoms with van der Waals surface area (Å²) in [6.45, 7) is 4.75. The largest absolute Gasteiger partial charge is 0.354 e. The predicted octanol–water partition coefficient (Wildman–Crippen LogP) is 2.20. The third-order valence-electron chi connectivity index (χ3n) is 2.73. The fourth-order valence-electron chi connectivity index (χ4n) is 1.77. The Kier molecular flexibility index (Phi) is 8.42. The van der Waals surface area contributed by atoms with Crippen LogP contribution in [0.25, 0.3) is 0 Å². The van der Waals surface area contributed by atoms with Crippen LogP contribution in [0.2, 0.25) is 0 Å². The highest BCUT2D eigenvalue weighted by atomic mass is 35.5. The summed E-state index contributed by atoms with van der Waals surface area (Å²) in [5.41, 5.74) is 8.21. The Morgan fingerprint density at radius 1 is 1.44 bits per heavy atom. The first-order valence-electron chi connectivity index (χ1n) is 6.22. The zero-order chi connectivity index (χ0) is 12.7. The van der Waals surface area contributed by atoms with Gasteiger partial charge in [0.1, 0.15) is 0 Å². The maximum Gasteiger partial charge on any atom is 0.236 e. The van der Waals surface area contributed by atoms with Gasteiger partial charge < -0.3 is 11.1 Å². The lowest BCUT2D eigenvalue weighted by Crippen LogP contribution is -2.41. The summed E-state index contributed by atoms with van der Waals surface area (Å²) in [5, 5.41) is 2.87. The first kappa shape index (κ1) is 16.9. The van der Waals surface area contributed by atoms with Crippen LogP contribution in [-0.4, -0.2) is 18.5 Å². The van der Waals surface area contributed by atoms with Crippen molar-refractivity contribution >= 4 is 18.3 Å². The SMILES string of the molecule is CCCC(N)C(=O)NCCc1cccc(C)c1.Cl. The van der Waals surface area contributed by atoms with E-state index in [0.717, 1.165) is 19.3 Å². The van der Waals surface area contributed by atoms with Gasteiger partial charge in [0.05, 0.1) is 6.04 Å². The number of hydrogen-bond acceptors (Lipinski definition) is 2. The molecule has 0 aliphatic heterocycles. The van der Waals surface area contributed by atoms with Crippen molar-refractivity contribution in [2.45, 2.75) is 39.2 Å². The minimum absolute atomic E-state index is 0. The molecular weight excluding hydrogens is 248 g/mol. The van der Waals surface area contributed by atoms with Gasteiger partial charge in [-0.1, -0.05) is 43.2 Å². The molecule has 1 aromatic rings. The van der Waals surface area contributed by atoms with E-state index in [-0.39, 0.29) is 24.4 Å². The van der Waals surface area contributed by atoms with E-state index in [2.05, 4.69) is 30.4 Å². The van der Waals surface area contributed by atoms with Gasteiger partial charge in [0.2, 0.25) is 5.91 Å². The number of amides is 1. The topological polar surface area (TPSA) is 55.1 Å². The molecule has 0 heterocycles. The summed E-state index contributed by atoms with van der Waals surface area (Å²) in [5.74, 6) is -0.0421. The molecular formula is C14H23ClN2O. The lowest BCUT2D eigenvalue weighted by Gasteiger charge is -2.11. The molecule has 0 saturated carbocycles. The van der Waals surface area contributed by atoms with Crippen LogP contribution in [0.4, 0.5) is 0 Å². The minimum atomic E-state index is -0.363. The number of carbonyl (C=O) groups is 1. The summed E-state index contributed by atoms with van der Waals surface area (Å²) < 4.78 is 0. The summed E-state index contributed by atoms with van der Waals surface area (Å²) in [4.78, 5) is 11.6. The molecule has 0 saturated heterocycles. The molecule has 0 radical (unpaired) electrons. The van der Waals surface area contributed by atoms with Gasteiger partial charge >= 0.3 is 0 Å². The second-order valence-electron chi connectivity index (χ2n) is 4.43. The minimum Gasteiger partial charge on any atom is -0.354 e. The highest BCUT2D eigenvalue weighted by Gasteiger charge is 2.10. The van der Waals surface area contributed by atoms with Crippen molar-refractivity contribution in [2.24, 2.45) is 5.73 Å². The summed E-state index contributed by atoms with van der Waals surface area (Å²) in [6, 6.07) is 7.95. The maximum absolute atomic E-state index is 11.6. The normalized spacial score (nSPS) is 11.5. The van der Waals surface area contributed by atoms with Gasteiger partial charge in [-0.2, -0.15) is 0 Å². The number of hydrogen-bond donors (Lipinski definition) is 2. The van der Waals surface area contributed by atoms with Crippen LogP contribution < -0.4 is 11.1 Å². The first-order chi connectivity index (χ1) is 8.13. The molecule has 1 unspecified atom stereocenters. The van der Waals surface area contributed by atoms with Crippen molar-refractivity contribution in [1.29, 1.82) is 0 Å². The Morgan fingerprint density at radius 2 is 2.17 bits per heavy atom. The molecule has 1 aromatic carbocycles. The van der Waals surface area contributed by atoms with Gasteiger partial charge in [0.25, 0.3) is 0 Å². The predicted molar refractivity (Wildman–Crippen MR) is 78.0 cm³/mol. The number of nitrogens with two attached hydrogens (primary N) is 1. The van der Waals surface area contributed by atoms with E-state index in [9.17, 15) is 4.79 Å². The van der Waals surface area contributed by atoms with Gasteiger partial charge in [-0.05, 0) is 25.3 Å². The molecule has 4 heteroatoms. The van der Waals surface area contributed by atoms with Crippen molar-refractivity contribution in [2.75, 3.05) is 6.54 Å². The van der Waals surface area contributed by atoms with Gasteiger partial charge in [-0.25, -0.2) is 0 Å². The Labute approximate surface area is 116 Å². The van der Waals surface area contributed by atoms with Crippen molar-refractivity contribution in [1.82, 2.24) is 5.32 Å². The van der Waals surface area contributed by atoms with Crippen LogP contribution in [-0.2, 0) is 11.2 Å². The molecule has 1 amide bonds. The van der Waals surface area contributed by atoms with E-state index in [1.165, 1.54) is 11.1 Å². The Hall–Kier alpha value is -1.06. The van der Waals surface area contributed by atoms with Gasteiger partial charge in [0, 0.05) is 6.54 Å². The number of halogens is 1. The molecule has 102 valence electrons. The molecule has 0 bridgehead atoms. The molecule has 18 heavy (non-hydrogen) atoms. The lowest BCUT2D eigenvalue weighted by atomic mass is 10.1. The van der Waals surface area contributed by atoms with Crippen LogP contribution in [0.1, 0.15) is 30.9 Å². The number of rotatable bonds is 6. The third kappa shape index (κ3) is 6.03. The second kappa shape index (κ2) is 8.95. The molecule has 1 atom stereocenters. The lowest BCUT2D eigenvalue weighted by molar-refractivity contribution is -0.122. The molecule has 3 nitrogen and oxygen atoms in total. The fourth-order valence-corrected chi connectivity index (χ4v) is 1.77. The molecule has 0 spiro atoms. The third-order valence-corrected chi connectivity index (χ3v) is 2.73. The van der Waals surface area contributed by atoms with Crippen molar-refractivity contribution < 1.29 is 4.79 Å². The van der Waals surface area contributed by atoms with Crippen LogP contribution in [0.5, 0.6) is 0 Å². The fraction of sp³-hybridized carbons (Fsp3) is 0.500. The monoisotopic (exact) mass is 270 g/mol. The number of benzene rings is 1. The van der Waals surface area contributed by atoms with E-state index in [1.807, 2.05) is 13.0 Å². The Balaban J connectivity index is 0.00000289. The summed E-state index contributed by atoms with van der Waals surface area (Å²) >= 11 is 0. The van der Waals surface area contributed by atoms with Crippen molar-refractivity contribution in [3.63, 3.8) is 0 Å². The standard InChI is InChI=1S/C14H22N2O.ClH/c1-3-5-13(15)14(17)16-9-8-12-7-4-6-11(2)10-12;/h4,6-7,10,13H,3,5,8-9,15H2,1-2H3,(H,16,17);1H.